The van der Waals surface area contributed by atoms with Gasteiger partial charge in [-0.1, -0.05) is 6.07 Å². The standard InChI is InChI=1S/C15H14N2O3/c1-20-15(19)13-6-4-12(5-7-13)14(18)17-10-11-3-2-8-16-9-11/h2-9H,10H2,1H3,(H,17,18). The fourth-order valence-electron chi connectivity index (χ4n) is 1.66. The van der Waals surface area contributed by atoms with Crippen molar-refractivity contribution in [2.24, 2.45) is 0 Å². The van der Waals surface area contributed by atoms with E-state index in [1.807, 2.05) is 12.1 Å². The van der Waals surface area contributed by atoms with Gasteiger partial charge < -0.3 is 10.1 Å². The zero-order valence-electron chi connectivity index (χ0n) is 11.0. The van der Waals surface area contributed by atoms with Crippen LogP contribution < -0.4 is 5.32 Å². The smallest absolute Gasteiger partial charge is 0.337 e. The number of methoxy groups -OCH3 is 1. The summed E-state index contributed by atoms with van der Waals surface area (Å²) in [5, 5.41) is 2.78. The number of aromatic nitrogens is 1. The molecule has 0 aliphatic rings. The van der Waals surface area contributed by atoms with E-state index < -0.39 is 5.97 Å². The maximum absolute atomic E-state index is 11.9. The summed E-state index contributed by atoms with van der Waals surface area (Å²) in [5.74, 6) is -0.627. The molecule has 1 amide bonds. The first-order valence-corrected chi connectivity index (χ1v) is 6.06. The van der Waals surface area contributed by atoms with E-state index in [2.05, 4.69) is 15.0 Å². The van der Waals surface area contributed by atoms with Gasteiger partial charge in [0.05, 0.1) is 12.7 Å². The lowest BCUT2D eigenvalue weighted by Crippen LogP contribution is -2.22. The molecule has 5 heteroatoms. The highest BCUT2D eigenvalue weighted by molar-refractivity contribution is 5.96. The van der Waals surface area contributed by atoms with Crippen LogP contribution in [0.5, 0.6) is 0 Å². The van der Waals surface area contributed by atoms with Crippen molar-refractivity contribution >= 4 is 11.9 Å². The Bertz CT molecular complexity index is 594. The molecule has 0 spiro atoms. The summed E-state index contributed by atoms with van der Waals surface area (Å²) in [6.45, 7) is 0.408. The number of hydrogen-bond acceptors (Lipinski definition) is 4. The SMILES string of the molecule is COC(=O)c1ccc(C(=O)NCc2cccnc2)cc1. The third-order valence-corrected chi connectivity index (χ3v) is 2.74. The second-order valence-corrected chi connectivity index (χ2v) is 4.11. The van der Waals surface area contributed by atoms with Gasteiger partial charge in [-0.05, 0) is 35.9 Å². The van der Waals surface area contributed by atoms with Crippen molar-refractivity contribution in [3.05, 3.63) is 65.5 Å². The van der Waals surface area contributed by atoms with Crippen molar-refractivity contribution in [1.82, 2.24) is 10.3 Å². The van der Waals surface area contributed by atoms with Gasteiger partial charge >= 0.3 is 5.97 Å². The Hall–Kier alpha value is -2.69. The highest BCUT2D eigenvalue weighted by atomic mass is 16.5. The van der Waals surface area contributed by atoms with E-state index in [1.54, 1.807) is 36.7 Å². The molecule has 20 heavy (non-hydrogen) atoms. The summed E-state index contributed by atoms with van der Waals surface area (Å²) in [6, 6.07) is 9.99. The molecular weight excluding hydrogens is 256 g/mol. The van der Waals surface area contributed by atoms with Crippen LogP contribution >= 0.6 is 0 Å². The van der Waals surface area contributed by atoms with Gasteiger partial charge in [-0.3, -0.25) is 9.78 Å². The van der Waals surface area contributed by atoms with Crippen molar-refractivity contribution in [2.75, 3.05) is 7.11 Å². The van der Waals surface area contributed by atoms with Gasteiger partial charge in [-0.15, -0.1) is 0 Å². The molecular formula is C15H14N2O3. The molecule has 0 saturated carbocycles. The number of ether oxygens (including phenoxy) is 1. The van der Waals surface area contributed by atoms with Gasteiger partial charge in [0.2, 0.25) is 0 Å². The summed E-state index contributed by atoms with van der Waals surface area (Å²) in [7, 11) is 1.32. The van der Waals surface area contributed by atoms with Crippen molar-refractivity contribution < 1.29 is 14.3 Å². The first-order chi connectivity index (χ1) is 9.70. The summed E-state index contributed by atoms with van der Waals surface area (Å²) in [6.07, 6.45) is 3.37. The maximum atomic E-state index is 11.9. The Labute approximate surface area is 116 Å². The number of nitrogens with zero attached hydrogens (tertiary/aromatic N) is 1. The molecule has 1 aromatic carbocycles. The molecule has 2 rings (SSSR count). The minimum absolute atomic E-state index is 0.203. The quantitative estimate of drug-likeness (QED) is 0.860. The van der Waals surface area contributed by atoms with Crippen molar-refractivity contribution in [2.45, 2.75) is 6.54 Å². The minimum atomic E-state index is -0.424. The monoisotopic (exact) mass is 270 g/mol. The Morgan fingerprint density at radius 3 is 2.45 bits per heavy atom. The Morgan fingerprint density at radius 1 is 1.15 bits per heavy atom. The molecule has 0 aliphatic carbocycles. The van der Waals surface area contributed by atoms with Crippen LogP contribution in [0.1, 0.15) is 26.3 Å². The van der Waals surface area contributed by atoms with E-state index in [1.165, 1.54) is 7.11 Å². The average molecular weight is 270 g/mol. The predicted octanol–water partition coefficient (Wildman–Crippen LogP) is 1.80. The molecule has 0 fully saturated rings. The van der Waals surface area contributed by atoms with Crippen LogP contribution in [0.25, 0.3) is 0 Å². The lowest BCUT2D eigenvalue weighted by molar-refractivity contribution is 0.0600. The molecule has 0 atom stereocenters. The van der Waals surface area contributed by atoms with E-state index in [9.17, 15) is 9.59 Å². The molecule has 0 unspecified atom stereocenters. The normalized spacial score (nSPS) is 9.85. The van der Waals surface area contributed by atoms with Gasteiger partial charge in [0.25, 0.3) is 5.91 Å². The third-order valence-electron chi connectivity index (χ3n) is 2.74. The van der Waals surface area contributed by atoms with E-state index in [-0.39, 0.29) is 5.91 Å². The molecule has 0 aliphatic heterocycles. The Balaban J connectivity index is 1.97. The first-order valence-electron chi connectivity index (χ1n) is 6.06. The summed E-state index contributed by atoms with van der Waals surface area (Å²) in [5.41, 5.74) is 1.82. The van der Waals surface area contributed by atoms with Crippen LogP contribution in [0.2, 0.25) is 0 Å². The van der Waals surface area contributed by atoms with Crippen LogP contribution in [0, 0.1) is 0 Å². The zero-order chi connectivity index (χ0) is 14.4. The molecule has 0 saturated heterocycles. The second-order valence-electron chi connectivity index (χ2n) is 4.11. The van der Waals surface area contributed by atoms with Crippen molar-refractivity contribution in [3.63, 3.8) is 0 Å². The number of rotatable bonds is 4. The third kappa shape index (κ3) is 3.41. The highest BCUT2D eigenvalue weighted by Crippen LogP contribution is 2.06. The van der Waals surface area contributed by atoms with Gasteiger partial charge in [0.1, 0.15) is 0 Å². The van der Waals surface area contributed by atoms with E-state index in [0.717, 1.165) is 5.56 Å². The molecule has 1 N–H and O–H groups in total. The number of nitrogens with one attached hydrogen (secondary N) is 1. The Kier molecular flexibility index (Phi) is 4.44. The minimum Gasteiger partial charge on any atom is -0.465 e. The summed E-state index contributed by atoms with van der Waals surface area (Å²) < 4.78 is 4.60. The molecule has 1 aromatic heterocycles. The van der Waals surface area contributed by atoms with E-state index in [0.29, 0.717) is 17.7 Å². The number of benzene rings is 1. The van der Waals surface area contributed by atoms with Gasteiger partial charge in [-0.2, -0.15) is 0 Å². The zero-order valence-corrected chi connectivity index (χ0v) is 11.0. The average Bonchev–Trinajstić information content (AvgIpc) is 2.53. The van der Waals surface area contributed by atoms with Crippen molar-refractivity contribution in [1.29, 1.82) is 0 Å². The van der Waals surface area contributed by atoms with Gasteiger partial charge in [0, 0.05) is 24.5 Å². The van der Waals surface area contributed by atoms with Gasteiger partial charge in [-0.25, -0.2) is 4.79 Å². The second kappa shape index (κ2) is 6.47. The van der Waals surface area contributed by atoms with Crippen LogP contribution in [0.15, 0.2) is 48.8 Å². The van der Waals surface area contributed by atoms with Crippen LogP contribution in [0.4, 0.5) is 0 Å². The van der Waals surface area contributed by atoms with Crippen molar-refractivity contribution in [3.8, 4) is 0 Å². The number of carbonyl (C=O) groups is 2. The topological polar surface area (TPSA) is 68.3 Å². The number of amides is 1. The molecule has 2 aromatic rings. The van der Waals surface area contributed by atoms with E-state index >= 15 is 0 Å². The summed E-state index contributed by atoms with van der Waals surface area (Å²) >= 11 is 0. The molecule has 0 radical (unpaired) electrons. The molecule has 102 valence electrons. The number of hydrogen-bond donors (Lipinski definition) is 1. The lowest BCUT2D eigenvalue weighted by atomic mass is 10.1. The maximum Gasteiger partial charge on any atom is 0.337 e. The van der Waals surface area contributed by atoms with Crippen LogP contribution in [0.3, 0.4) is 0 Å². The predicted molar refractivity (Wildman–Crippen MR) is 73.2 cm³/mol. The highest BCUT2D eigenvalue weighted by Gasteiger charge is 2.08. The van der Waals surface area contributed by atoms with Gasteiger partial charge in [0.15, 0.2) is 0 Å². The number of pyridine rings is 1. The summed E-state index contributed by atoms with van der Waals surface area (Å²) in [4.78, 5) is 27.2. The largest absolute Gasteiger partial charge is 0.465 e. The fraction of sp³-hybridized carbons (Fsp3) is 0.133. The molecule has 1 heterocycles. The van der Waals surface area contributed by atoms with E-state index in [4.69, 9.17) is 0 Å². The molecule has 5 nitrogen and oxygen atoms in total. The number of esters is 1. The Morgan fingerprint density at radius 2 is 1.85 bits per heavy atom. The van der Waals surface area contributed by atoms with Crippen LogP contribution in [-0.4, -0.2) is 24.0 Å². The number of carbonyl (C=O) groups excluding carboxylic acids is 2. The molecule has 0 bridgehead atoms. The van der Waals surface area contributed by atoms with Crippen LogP contribution in [-0.2, 0) is 11.3 Å². The lowest BCUT2D eigenvalue weighted by Gasteiger charge is -2.05. The fourth-order valence-corrected chi connectivity index (χ4v) is 1.66. The first kappa shape index (κ1) is 13.7.